The van der Waals surface area contributed by atoms with Gasteiger partial charge in [-0.15, -0.1) is 0 Å². The molecule has 90 valence electrons. The number of fused-ring (bicyclic) bond motifs is 1. The molecule has 0 N–H and O–H groups in total. The van der Waals surface area contributed by atoms with E-state index < -0.39 is 5.97 Å². The van der Waals surface area contributed by atoms with E-state index in [9.17, 15) is 9.90 Å². The summed E-state index contributed by atoms with van der Waals surface area (Å²) in [5.74, 6) is -0.431. The molecule has 0 fully saturated rings. The molecule has 0 unspecified atom stereocenters. The van der Waals surface area contributed by atoms with Gasteiger partial charge in [0.25, 0.3) is 0 Å². The van der Waals surface area contributed by atoms with E-state index in [0.29, 0.717) is 10.8 Å². The third-order valence-corrected chi connectivity index (χ3v) is 2.87. The number of carboxylic acid groups (broad SMARTS) is 1. The smallest absolute Gasteiger partial charge is 0.110 e. The molecule has 2 aromatic heterocycles. The molecule has 5 heteroatoms. The van der Waals surface area contributed by atoms with Crippen molar-refractivity contribution >= 4 is 23.1 Å². The first-order chi connectivity index (χ1) is 7.91. The second-order valence-corrected chi connectivity index (χ2v) is 4.70. The minimum absolute atomic E-state index is 0.0319. The molecule has 0 aromatic carbocycles. The summed E-state index contributed by atoms with van der Waals surface area (Å²) in [6.07, 6.45) is 0. The van der Waals surface area contributed by atoms with Crippen molar-refractivity contribution < 1.29 is 9.90 Å². The van der Waals surface area contributed by atoms with Crippen molar-refractivity contribution in [3.05, 3.63) is 34.4 Å². The van der Waals surface area contributed by atoms with Gasteiger partial charge in [-0.25, -0.2) is 4.98 Å². The van der Waals surface area contributed by atoms with Crippen LogP contribution in [0.15, 0.2) is 12.1 Å². The Morgan fingerprint density at radius 2 is 2.12 bits per heavy atom. The molecule has 0 aliphatic heterocycles. The molecule has 0 aliphatic carbocycles. The van der Waals surface area contributed by atoms with Crippen LogP contribution in [0.5, 0.6) is 0 Å². The third-order valence-electron chi connectivity index (χ3n) is 2.66. The molecule has 0 bridgehead atoms. The molecule has 2 aromatic rings. The lowest BCUT2D eigenvalue weighted by atomic mass is 10.1. The van der Waals surface area contributed by atoms with Gasteiger partial charge in [0.05, 0.1) is 22.9 Å². The van der Waals surface area contributed by atoms with Crippen molar-refractivity contribution in [3.8, 4) is 0 Å². The van der Waals surface area contributed by atoms with Crippen molar-refractivity contribution in [3.63, 3.8) is 0 Å². The van der Waals surface area contributed by atoms with Gasteiger partial charge in [0.2, 0.25) is 0 Å². The fraction of sp³-hybridized carbons (Fsp3) is 0.333. The molecule has 0 atom stereocenters. The second-order valence-electron chi connectivity index (χ2n) is 4.27. The number of nitrogens with zero attached hydrogens (tertiary/aromatic N) is 2. The number of aromatic carboxylic acids is 1. The minimum Gasteiger partial charge on any atom is -0.543 e. The molecular formula is C12H12ClN2O2-. The van der Waals surface area contributed by atoms with Gasteiger partial charge >= 0.3 is 0 Å². The predicted octanol–water partition coefficient (Wildman–Crippen LogP) is 1.78. The number of carbonyl (C=O) groups is 1. The molecule has 2 heterocycles. The lowest BCUT2D eigenvalue weighted by molar-refractivity contribution is -0.255. The summed E-state index contributed by atoms with van der Waals surface area (Å²) in [6.45, 7) is 5.77. The Hall–Kier alpha value is -1.55. The predicted molar refractivity (Wildman–Crippen MR) is 63.4 cm³/mol. The fourth-order valence-electron chi connectivity index (χ4n) is 1.96. The van der Waals surface area contributed by atoms with E-state index >= 15 is 0 Å². The molecule has 17 heavy (non-hydrogen) atoms. The Labute approximate surface area is 104 Å². The summed E-state index contributed by atoms with van der Waals surface area (Å²) in [5.41, 5.74) is 1.60. The largest absolute Gasteiger partial charge is 0.543 e. The molecular weight excluding hydrogens is 240 g/mol. The van der Waals surface area contributed by atoms with E-state index in [-0.39, 0.29) is 11.6 Å². The van der Waals surface area contributed by atoms with Crippen molar-refractivity contribution in [2.75, 3.05) is 0 Å². The zero-order valence-corrected chi connectivity index (χ0v) is 10.6. The molecule has 0 radical (unpaired) electrons. The van der Waals surface area contributed by atoms with Gasteiger partial charge in [-0.3, -0.25) is 4.40 Å². The normalized spacial score (nSPS) is 11.4. The number of carboxylic acids is 1. The number of rotatable bonds is 2. The van der Waals surface area contributed by atoms with Crippen molar-refractivity contribution in [1.82, 2.24) is 9.38 Å². The standard InChI is InChI=1S/C12H13ClN2O2/c1-6(2)11-9-4-8(13)5-10(12(16)17)15(9)7(3)14-11/h4-6H,1-3H3,(H,16,17)/p-1. The van der Waals surface area contributed by atoms with Crippen LogP contribution in [0.4, 0.5) is 0 Å². The molecule has 2 rings (SSSR count). The first-order valence-corrected chi connectivity index (χ1v) is 5.69. The zero-order chi connectivity index (χ0) is 12.7. The van der Waals surface area contributed by atoms with Crippen LogP contribution in [0.2, 0.25) is 5.02 Å². The highest BCUT2D eigenvalue weighted by Crippen LogP contribution is 2.25. The van der Waals surface area contributed by atoms with Gasteiger partial charge in [0, 0.05) is 5.02 Å². The van der Waals surface area contributed by atoms with Crippen LogP contribution >= 0.6 is 11.6 Å². The Morgan fingerprint density at radius 1 is 1.47 bits per heavy atom. The number of aromatic nitrogens is 2. The maximum atomic E-state index is 11.1. The highest BCUT2D eigenvalue weighted by molar-refractivity contribution is 6.31. The number of hydrogen-bond donors (Lipinski definition) is 0. The van der Waals surface area contributed by atoms with Gasteiger partial charge in [-0.2, -0.15) is 0 Å². The number of carbonyl (C=O) groups excluding carboxylic acids is 1. The first kappa shape index (κ1) is 11.9. The van der Waals surface area contributed by atoms with E-state index in [1.165, 1.54) is 6.07 Å². The number of hydrogen-bond acceptors (Lipinski definition) is 3. The number of halogens is 1. The highest BCUT2D eigenvalue weighted by Gasteiger charge is 2.15. The maximum Gasteiger partial charge on any atom is 0.110 e. The summed E-state index contributed by atoms with van der Waals surface area (Å²) < 4.78 is 1.57. The van der Waals surface area contributed by atoms with Crippen LogP contribution < -0.4 is 5.11 Å². The molecule has 0 saturated carbocycles. The van der Waals surface area contributed by atoms with Crippen LogP contribution in [0.25, 0.3) is 5.52 Å². The first-order valence-electron chi connectivity index (χ1n) is 5.31. The van der Waals surface area contributed by atoms with Crippen molar-refractivity contribution in [2.24, 2.45) is 0 Å². The quantitative estimate of drug-likeness (QED) is 0.818. The average molecular weight is 252 g/mol. The number of imidazole rings is 1. The van der Waals surface area contributed by atoms with Gasteiger partial charge in [0.1, 0.15) is 5.82 Å². The van der Waals surface area contributed by atoms with Crippen LogP contribution in [0.3, 0.4) is 0 Å². The van der Waals surface area contributed by atoms with E-state index in [1.54, 1.807) is 17.4 Å². The van der Waals surface area contributed by atoms with Crippen molar-refractivity contribution in [1.29, 1.82) is 0 Å². The highest BCUT2D eigenvalue weighted by atomic mass is 35.5. The molecule has 0 aliphatic rings. The summed E-state index contributed by atoms with van der Waals surface area (Å²) in [5, 5.41) is 11.5. The third kappa shape index (κ3) is 1.89. The fourth-order valence-corrected chi connectivity index (χ4v) is 2.16. The van der Waals surface area contributed by atoms with Crippen LogP contribution in [-0.4, -0.2) is 15.4 Å². The monoisotopic (exact) mass is 251 g/mol. The molecule has 0 amide bonds. The average Bonchev–Trinajstić information content (AvgIpc) is 2.54. The van der Waals surface area contributed by atoms with E-state index in [1.807, 2.05) is 13.8 Å². The lowest BCUT2D eigenvalue weighted by Crippen LogP contribution is -2.25. The molecule has 0 saturated heterocycles. The second kappa shape index (κ2) is 4.04. The SMILES string of the molecule is Cc1nc(C(C)C)c2cc(Cl)cc(C(=O)[O-])n12. The minimum atomic E-state index is -1.26. The Bertz CT molecular complexity index is 602. The summed E-state index contributed by atoms with van der Waals surface area (Å²) in [4.78, 5) is 15.5. The zero-order valence-electron chi connectivity index (χ0n) is 9.82. The Balaban J connectivity index is 2.90. The van der Waals surface area contributed by atoms with E-state index in [2.05, 4.69) is 4.98 Å². The van der Waals surface area contributed by atoms with Gasteiger partial charge in [-0.05, 0) is 25.0 Å². The van der Waals surface area contributed by atoms with Gasteiger partial charge in [-0.1, -0.05) is 25.4 Å². The number of pyridine rings is 1. The van der Waals surface area contributed by atoms with Crippen molar-refractivity contribution in [2.45, 2.75) is 26.7 Å². The molecule has 4 nitrogen and oxygen atoms in total. The molecule has 0 spiro atoms. The van der Waals surface area contributed by atoms with E-state index in [4.69, 9.17) is 11.6 Å². The Morgan fingerprint density at radius 3 is 2.65 bits per heavy atom. The summed E-state index contributed by atoms with van der Waals surface area (Å²) in [7, 11) is 0. The summed E-state index contributed by atoms with van der Waals surface area (Å²) >= 11 is 5.92. The number of aryl methyl sites for hydroxylation is 1. The van der Waals surface area contributed by atoms with Crippen LogP contribution in [0, 0.1) is 6.92 Å². The maximum absolute atomic E-state index is 11.1. The Kier molecular flexibility index (Phi) is 2.83. The van der Waals surface area contributed by atoms with Crippen LogP contribution in [-0.2, 0) is 0 Å². The van der Waals surface area contributed by atoms with Gasteiger partial charge in [0.15, 0.2) is 0 Å². The van der Waals surface area contributed by atoms with Gasteiger partial charge < -0.3 is 9.90 Å². The van der Waals surface area contributed by atoms with Crippen LogP contribution in [0.1, 0.15) is 41.8 Å². The van der Waals surface area contributed by atoms with E-state index in [0.717, 1.165) is 11.2 Å². The topological polar surface area (TPSA) is 57.4 Å². The lowest BCUT2D eigenvalue weighted by Gasteiger charge is -2.09. The summed E-state index contributed by atoms with van der Waals surface area (Å²) in [6, 6.07) is 3.10.